The Labute approximate surface area is 121 Å². The standard InChI is InChI=1S/C15H27N3O2/c16-11-15(5-9-20-10-6-15)14(19)17-12-3-7-18(8-4-12)13-1-2-13/h12-13H,1-11,16H2,(H,17,19). The molecule has 3 N–H and O–H groups in total. The molecule has 1 aliphatic carbocycles. The molecule has 5 heteroatoms. The predicted molar refractivity (Wildman–Crippen MR) is 77.3 cm³/mol. The third-order valence-electron chi connectivity index (χ3n) is 5.25. The van der Waals surface area contributed by atoms with Gasteiger partial charge in [-0.15, -0.1) is 0 Å². The van der Waals surface area contributed by atoms with Crippen LogP contribution in [0.1, 0.15) is 38.5 Å². The highest BCUT2D eigenvalue weighted by atomic mass is 16.5. The summed E-state index contributed by atoms with van der Waals surface area (Å²) in [6, 6.07) is 1.18. The molecular formula is C15H27N3O2. The maximum atomic E-state index is 12.6. The van der Waals surface area contributed by atoms with Gasteiger partial charge in [0.25, 0.3) is 0 Å². The van der Waals surface area contributed by atoms with E-state index < -0.39 is 0 Å². The van der Waals surface area contributed by atoms with Crippen molar-refractivity contribution in [1.82, 2.24) is 10.2 Å². The van der Waals surface area contributed by atoms with E-state index in [9.17, 15) is 4.79 Å². The lowest BCUT2D eigenvalue weighted by molar-refractivity contribution is -0.137. The lowest BCUT2D eigenvalue weighted by Gasteiger charge is -2.38. The van der Waals surface area contributed by atoms with Gasteiger partial charge in [-0.3, -0.25) is 4.79 Å². The summed E-state index contributed by atoms with van der Waals surface area (Å²) < 4.78 is 5.37. The Bertz CT molecular complexity index is 343. The first-order valence-corrected chi connectivity index (χ1v) is 8.06. The largest absolute Gasteiger partial charge is 0.381 e. The van der Waals surface area contributed by atoms with Crippen LogP contribution in [0.3, 0.4) is 0 Å². The van der Waals surface area contributed by atoms with Crippen molar-refractivity contribution in [3.8, 4) is 0 Å². The average molecular weight is 281 g/mol. The first-order chi connectivity index (χ1) is 9.73. The molecule has 3 rings (SSSR count). The van der Waals surface area contributed by atoms with Crippen molar-refractivity contribution >= 4 is 5.91 Å². The average Bonchev–Trinajstić information content (AvgIpc) is 3.33. The number of nitrogens with two attached hydrogens (primary N) is 1. The number of nitrogens with one attached hydrogen (secondary N) is 1. The molecule has 0 radical (unpaired) electrons. The molecule has 2 saturated heterocycles. The molecule has 0 aromatic rings. The molecule has 0 spiro atoms. The third kappa shape index (κ3) is 3.00. The van der Waals surface area contributed by atoms with Crippen LogP contribution in [0.4, 0.5) is 0 Å². The van der Waals surface area contributed by atoms with Crippen LogP contribution < -0.4 is 11.1 Å². The highest BCUT2D eigenvalue weighted by molar-refractivity contribution is 5.83. The maximum Gasteiger partial charge on any atom is 0.227 e. The summed E-state index contributed by atoms with van der Waals surface area (Å²) in [6.07, 6.45) is 6.42. The van der Waals surface area contributed by atoms with E-state index in [1.54, 1.807) is 0 Å². The molecule has 2 aliphatic heterocycles. The summed E-state index contributed by atoms with van der Waals surface area (Å²) in [4.78, 5) is 15.2. The fraction of sp³-hybridized carbons (Fsp3) is 0.933. The zero-order valence-corrected chi connectivity index (χ0v) is 12.3. The molecule has 1 amide bonds. The van der Waals surface area contributed by atoms with Gasteiger partial charge in [-0.25, -0.2) is 0 Å². The lowest BCUT2D eigenvalue weighted by Crippen LogP contribution is -2.53. The molecule has 3 fully saturated rings. The van der Waals surface area contributed by atoms with Crippen LogP contribution in [0.15, 0.2) is 0 Å². The number of carbonyl (C=O) groups excluding carboxylic acids is 1. The molecule has 20 heavy (non-hydrogen) atoms. The smallest absolute Gasteiger partial charge is 0.227 e. The van der Waals surface area contributed by atoms with E-state index in [1.165, 1.54) is 12.8 Å². The Morgan fingerprint density at radius 2 is 1.85 bits per heavy atom. The van der Waals surface area contributed by atoms with Crippen molar-refractivity contribution in [3.63, 3.8) is 0 Å². The zero-order chi connectivity index (χ0) is 14.0. The van der Waals surface area contributed by atoms with Crippen LogP contribution in [-0.4, -0.2) is 55.7 Å². The first-order valence-electron chi connectivity index (χ1n) is 8.06. The van der Waals surface area contributed by atoms with Crippen molar-refractivity contribution in [2.24, 2.45) is 11.1 Å². The van der Waals surface area contributed by atoms with Gasteiger partial charge in [-0.1, -0.05) is 0 Å². The Kier molecular flexibility index (Phi) is 4.29. The predicted octanol–water partition coefficient (Wildman–Crippen LogP) is 0.485. The number of ether oxygens (including phenoxy) is 1. The maximum absolute atomic E-state index is 12.6. The van der Waals surface area contributed by atoms with Gasteiger partial charge >= 0.3 is 0 Å². The summed E-state index contributed by atoms with van der Waals surface area (Å²) in [5.41, 5.74) is 5.51. The van der Waals surface area contributed by atoms with E-state index in [-0.39, 0.29) is 11.3 Å². The summed E-state index contributed by atoms with van der Waals surface area (Å²) in [7, 11) is 0. The molecule has 3 aliphatic rings. The number of carbonyl (C=O) groups is 1. The summed E-state index contributed by atoms with van der Waals surface area (Å²) in [6.45, 7) is 4.02. The lowest BCUT2D eigenvalue weighted by atomic mass is 9.79. The van der Waals surface area contributed by atoms with Gasteiger partial charge in [0.2, 0.25) is 5.91 Å². The molecule has 0 aromatic heterocycles. The second kappa shape index (κ2) is 6.00. The van der Waals surface area contributed by atoms with E-state index in [0.29, 0.717) is 25.8 Å². The second-order valence-electron chi connectivity index (χ2n) is 6.61. The minimum absolute atomic E-state index is 0.160. The molecule has 5 nitrogen and oxygen atoms in total. The highest BCUT2D eigenvalue weighted by Gasteiger charge is 2.40. The van der Waals surface area contributed by atoms with Crippen molar-refractivity contribution in [3.05, 3.63) is 0 Å². The number of piperidine rings is 1. The number of hydrogen-bond donors (Lipinski definition) is 2. The highest BCUT2D eigenvalue weighted by Crippen LogP contribution is 2.31. The quantitative estimate of drug-likeness (QED) is 0.787. The Morgan fingerprint density at radius 1 is 1.20 bits per heavy atom. The number of rotatable bonds is 4. The van der Waals surface area contributed by atoms with Gasteiger partial charge in [-0.05, 0) is 38.5 Å². The van der Waals surface area contributed by atoms with Gasteiger partial charge in [0.05, 0.1) is 5.41 Å². The van der Waals surface area contributed by atoms with E-state index in [4.69, 9.17) is 10.5 Å². The van der Waals surface area contributed by atoms with E-state index in [1.807, 2.05) is 0 Å². The van der Waals surface area contributed by atoms with Gasteiger partial charge in [-0.2, -0.15) is 0 Å². The topological polar surface area (TPSA) is 67.6 Å². The Hall–Kier alpha value is -0.650. The molecule has 114 valence electrons. The normalized spacial score (nSPS) is 28.2. The van der Waals surface area contributed by atoms with E-state index in [2.05, 4.69) is 10.2 Å². The monoisotopic (exact) mass is 281 g/mol. The summed E-state index contributed by atoms with van der Waals surface area (Å²) in [5.74, 6) is 0.160. The molecule has 1 saturated carbocycles. The van der Waals surface area contributed by atoms with E-state index in [0.717, 1.165) is 44.8 Å². The van der Waals surface area contributed by atoms with E-state index >= 15 is 0 Å². The van der Waals surface area contributed by atoms with Crippen LogP contribution in [0.2, 0.25) is 0 Å². The molecule has 0 unspecified atom stereocenters. The zero-order valence-electron chi connectivity index (χ0n) is 12.3. The van der Waals surface area contributed by atoms with Crippen LogP contribution in [0.25, 0.3) is 0 Å². The van der Waals surface area contributed by atoms with Crippen molar-refractivity contribution < 1.29 is 9.53 Å². The summed E-state index contributed by atoms with van der Waals surface area (Å²) >= 11 is 0. The molecular weight excluding hydrogens is 254 g/mol. The van der Waals surface area contributed by atoms with Gasteiger partial charge in [0, 0.05) is 44.9 Å². The first kappa shape index (κ1) is 14.3. The molecule has 0 bridgehead atoms. The molecule has 2 heterocycles. The van der Waals surface area contributed by atoms with Crippen LogP contribution in [0.5, 0.6) is 0 Å². The SMILES string of the molecule is NCC1(C(=O)NC2CCN(C3CC3)CC2)CCOCC1. The van der Waals surface area contributed by atoms with Crippen LogP contribution >= 0.6 is 0 Å². The molecule has 0 atom stereocenters. The van der Waals surface area contributed by atoms with Crippen molar-refractivity contribution in [1.29, 1.82) is 0 Å². The Balaban J connectivity index is 1.50. The van der Waals surface area contributed by atoms with Crippen LogP contribution in [0, 0.1) is 5.41 Å². The van der Waals surface area contributed by atoms with Gasteiger partial charge in [0.1, 0.15) is 0 Å². The number of hydrogen-bond acceptors (Lipinski definition) is 4. The van der Waals surface area contributed by atoms with Crippen molar-refractivity contribution in [2.45, 2.75) is 50.6 Å². The fourth-order valence-electron chi connectivity index (χ4n) is 3.47. The van der Waals surface area contributed by atoms with Gasteiger partial charge < -0.3 is 20.7 Å². The van der Waals surface area contributed by atoms with Crippen LogP contribution in [-0.2, 0) is 9.53 Å². The molecule has 0 aromatic carbocycles. The van der Waals surface area contributed by atoms with Crippen molar-refractivity contribution in [2.75, 3.05) is 32.8 Å². The number of amides is 1. The van der Waals surface area contributed by atoms with Gasteiger partial charge in [0.15, 0.2) is 0 Å². The second-order valence-corrected chi connectivity index (χ2v) is 6.61. The number of likely N-dealkylation sites (tertiary alicyclic amines) is 1. The third-order valence-corrected chi connectivity index (χ3v) is 5.25. The summed E-state index contributed by atoms with van der Waals surface area (Å²) in [5, 5.41) is 3.26. The minimum atomic E-state index is -0.383. The fourth-order valence-corrected chi connectivity index (χ4v) is 3.47. The Morgan fingerprint density at radius 3 is 2.40 bits per heavy atom. The number of nitrogens with zero attached hydrogens (tertiary/aromatic N) is 1. The minimum Gasteiger partial charge on any atom is -0.381 e.